The van der Waals surface area contributed by atoms with Gasteiger partial charge in [-0.05, 0) is 17.8 Å². The van der Waals surface area contributed by atoms with E-state index in [0.29, 0.717) is 6.42 Å². The molecule has 0 aromatic rings. The van der Waals surface area contributed by atoms with E-state index in [2.05, 4.69) is 26.1 Å². The molecule has 6 heteroatoms. The molecule has 1 unspecified atom stereocenters. The molecule has 0 aliphatic heterocycles. The molecule has 0 aliphatic carbocycles. The van der Waals surface area contributed by atoms with Crippen LogP contribution in [0.15, 0.2) is 0 Å². The maximum Gasteiger partial charge on any atom is 0.220 e. The van der Waals surface area contributed by atoms with Crippen molar-refractivity contribution in [2.24, 2.45) is 16.5 Å². The van der Waals surface area contributed by atoms with Crippen molar-refractivity contribution in [3.8, 4) is 0 Å². The van der Waals surface area contributed by atoms with Gasteiger partial charge >= 0.3 is 0 Å². The summed E-state index contributed by atoms with van der Waals surface area (Å²) in [7, 11) is -3.49. The van der Waals surface area contributed by atoms with Crippen LogP contribution >= 0.6 is 0 Å². The third-order valence-electron chi connectivity index (χ3n) is 2.20. The summed E-state index contributed by atoms with van der Waals surface area (Å²) in [5.41, 5.74) is 0.195. The number of primary sulfonamides is 1. The Hall–Kier alpha value is -0.620. The van der Waals surface area contributed by atoms with Gasteiger partial charge in [-0.25, -0.2) is 13.6 Å². The second-order valence-corrected chi connectivity index (χ2v) is 7.52. The van der Waals surface area contributed by atoms with Crippen molar-refractivity contribution >= 4 is 15.9 Å². The Kier molecular flexibility index (Phi) is 6.12. The van der Waals surface area contributed by atoms with E-state index in [1.807, 2.05) is 6.92 Å². The molecule has 0 spiro atoms. The average molecular weight is 264 g/mol. The average Bonchev–Trinajstić information content (AvgIpc) is 1.96. The summed E-state index contributed by atoms with van der Waals surface area (Å²) in [6.45, 7) is 8.48. The Morgan fingerprint density at radius 3 is 2.29 bits per heavy atom. The molecule has 3 N–H and O–H groups in total. The lowest BCUT2D eigenvalue weighted by molar-refractivity contribution is -0.121. The lowest BCUT2D eigenvalue weighted by atomic mass is 9.84. The van der Waals surface area contributed by atoms with Crippen LogP contribution in [0.4, 0.5) is 0 Å². The highest BCUT2D eigenvalue weighted by molar-refractivity contribution is 7.89. The molecule has 0 rings (SSSR count). The van der Waals surface area contributed by atoms with Crippen molar-refractivity contribution in [1.29, 1.82) is 0 Å². The Bertz CT molecular complexity index is 344. The standard InChI is InChI=1S/C11H24N2O3S/c1-9(8-11(2,3)4)7-10(14)13-5-6-17(12,15)16/h9H,5-8H2,1-4H3,(H,13,14)(H2,12,15,16). The topological polar surface area (TPSA) is 89.3 Å². The van der Waals surface area contributed by atoms with Crippen LogP contribution in [0.5, 0.6) is 0 Å². The summed E-state index contributed by atoms with van der Waals surface area (Å²) in [5.74, 6) is -0.0540. The number of carbonyl (C=O) groups is 1. The van der Waals surface area contributed by atoms with E-state index in [0.717, 1.165) is 6.42 Å². The summed E-state index contributed by atoms with van der Waals surface area (Å²) in [4.78, 5) is 11.5. The highest BCUT2D eigenvalue weighted by Crippen LogP contribution is 2.25. The van der Waals surface area contributed by atoms with Crippen LogP contribution in [0.2, 0.25) is 0 Å². The van der Waals surface area contributed by atoms with Gasteiger partial charge < -0.3 is 5.32 Å². The van der Waals surface area contributed by atoms with Crippen molar-refractivity contribution in [2.75, 3.05) is 12.3 Å². The van der Waals surface area contributed by atoms with Crippen LogP contribution in [0.25, 0.3) is 0 Å². The van der Waals surface area contributed by atoms with Crippen LogP contribution in [0.1, 0.15) is 40.5 Å². The number of nitrogens with one attached hydrogen (secondary N) is 1. The number of carbonyl (C=O) groups excluding carboxylic acids is 1. The second-order valence-electron chi connectivity index (χ2n) is 5.79. The van der Waals surface area contributed by atoms with Gasteiger partial charge in [-0.3, -0.25) is 4.79 Å². The quantitative estimate of drug-likeness (QED) is 0.745. The molecule has 0 bridgehead atoms. The lowest BCUT2D eigenvalue weighted by Crippen LogP contribution is -2.32. The van der Waals surface area contributed by atoms with E-state index in [4.69, 9.17) is 5.14 Å². The van der Waals surface area contributed by atoms with Crippen LogP contribution < -0.4 is 10.5 Å². The normalized spacial score (nSPS) is 14.4. The summed E-state index contributed by atoms with van der Waals surface area (Å²) < 4.78 is 21.3. The van der Waals surface area contributed by atoms with E-state index in [9.17, 15) is 13.2 Å². The molecule has 0 aromatic carbocycles. The molecular weight excluding hydrogens is 240 g/mol. The monoisotopic (exact) mass is 264 g/mol. The van der Waals surface area contributed by atoms with Gasteiger partial charge in [-0.15, -0.1) is 0 Å². The molecule has 0 aromatic heterocycles. The summed E-state index contributed by atoms with van der Waals surface area (Å²) in [6.07, 6.45) is 1.37. The van der Waals surface area contributed by atoms with Gasteiger partial charge in [0.25, 0.3) is 0 Å². The molecule has 17 heavy (non-hydrogen) atoms. The van der Waals surface area contributed by atoms with Gasteiger partial charge in [0.1, 0.15) is 0 Å². The Balaban J connectivity index is 3.87. The number of nitrogens with two attached hydrogens (primary N) is 1. The first-order valence-corrected chi connectivity index (χ1v) is 7.48. The second kappa shape index (κ2) is 6.35. The van der Waals surface area contributed by atoms with Gasteiger partial charge in [-0.2, -0.15) is 0 Å². The summed E-state index contributed by atoms with van der Waals surface area (Å²) in [5, 5.41) is 7.38. The minimum Gasteiger partial charge on any atom is -0.355 e. The molecule has 5 nitrogen and oxygen atoms in total. The first-order valence-electron chi connectivity index (χ1n) is 5.77. The molecule has 1 amide bonds. The zero-order chi connectivity index (χ0) is 13.7. The van der Waals surface area contributed by atoms with Gasteiger partial charge in [-0.1, -0.05) is 27.7 Å². The molecule has 0 saturated heterocycles. The Morgan fingerprint density at radius 1 is 1.35 bits per heavy atom. The molecule has 0 heterocycles. The Morgan fingerprint density at radius 2 is 1.88 bits per heavy atom. The largest absolute Gasteiger partial charge is 0.355 e. The number of sulfonamides is 1. The van der Waals surface area contributed by atoms with E-state index < -0.39 is 10.0 Å². The van der Waals surface area contributed by atoms with Crippen LogP contribution in [0.3, 0.4) is 0 Å². The molecule has 102 valence electrons. The molecule has 0 saturated carbocycles. The first kappa shape index (κ1) is 16.4. The number of hydrogen-bond acceptors (Lipinski definition) is 3. The predicted octanol–water partition coefficient (Wildman–Crippen LogP) is 0.853. The highest BCUT2D eigenvalue weighted by Gasteiger charge is 2.17. The minimum atomic E-state index is -3.49. The van der Waals surface area contributed by atoms with Crippen molar-refractivity contribution in [3.63, 3.8) is 0 Å². The Labute approximate surface area is 104 Å². The van der Waals surface area contributed by atoms with Crippen molar-refractivity contribution in [3.05, 3.63) is 0 Å². The van der Waals surface area contributed by atoms with E-state index >= 15 is 0 Å². The highest BCUT2D eigenvalue weighted by atomic mass is 32.2. The van der Waals surface area contributed by atoms with E-state index in [-0.39, 0.29) is 29.5 Å². The van der Waals surface area contributed by atoms with Gasteiger partial charge in [0.15, 0.2) is 0 Å². The summed E-state index contributed by atoms with van der Waals surface area (Å²) in [6, 6.07) is 0. The maximum atomic E-state index is 11.5. The van der Waals surface area contributed by atoms with Crippen LogP contribution in [-0.4, -0.2) is 26.6 Å². The number of hydrogen-bond donors (Lipinski definition) is 2. The first-order chi connectivity index (χ1) is 7.49. The van der Waals surface area contributed by atoms with Crippen molar-refractivity contribution < 1.29 is 13.2 Å². The lowest BCUT2D eigenvalue weighted by Gasteiger charge is -2.22. The molecule has 0 aliphatic rings. The third-order valence-corrected chi connectivity index (χ3v) is 2.98. The molecular formula is C11H24N2O3S. The van der Waals surface area contributed by atoms with Gasteiger partial charge in [0.2, 0.25) is 15.9 Å². The minimum absolute atomic E-state index is 0.0832. The summed E-state index contributed by atoms with van der Waals surface area (Å²) >= 11 is 0. The fraction of sp³-hybridized carbons (Fsp3) is 0.909. The van der Waals surface area contributed by atoms with Crippen molar-refractivity contribution in [1.82, 2.24) is 5.32 Å². The van der Waals surface area contributed by atoms with Crippen LogP contribution in [0, 0.1) is 11.3 Å². The third kappa shape index (κ3) is 11.6. The molecule has 1 atom stereocenters. The molecule has 0 fully saturated rings. The fourth-order valence-electron chi connectivity index (χ4n) is 1.84. The number of rotatable bonds is 6. The fourth-order valence-corrected chi connectivity index (χ4v) is 2.23. The SMILES string of the molecule is CC(CC(=O)NCCS(N)(=O)=O)CC(C)(C)C. The maximum absolute atomic E-state index is 11.5. The van der Waals surface area contributed by atoms with E-state index in [1.165, 1.54) is 0 Å². The van der Waals surface area contributed by atoms with Gasteiger partial charge in [0.05, 0.1) is 5.75 Å². The van der Waals surface area contributed by atoms with E-state index in [1.54, 1.807) is 0 Å². The molecule has 0 radical (unpaired) electrons. The van der Waals surface area contributed by atoms with Gasteiger partial charge in [0, 0.05) is 13.0 Å². The van der Waals surface area contributed by atoms with Crippen LogP contribution in [-0.2, 0) is 14.8 Å². The predicted molar refractivity (Wildman–Crippen MR) is 68.8 cm³/mol. The zero-order valence-electron chi connectivity index (χ0n) is 11.1. The van der Waals surface area contributed by atoms with Crippen molar-refractivity contribution in [2.45, 2.75) is 40.5 Å². The number of amides is 1. The zero-order valence-corrected chi connectivity index (χ0v) is 11.9. The smallest absolute Gasteiger partial charge is 0.220 e.